The van der Waals surface area contributed by atoms with Crippen LogP contribution in [0.2, 0.25) is 0 Å². The number of para-hydroxylation sites is 1. The van der Waals surface area contributed by atoms with E-state index in [9.17, 15) is 4.79 Å². The van der Waals surface area contributed by atoms with Crippen molar-refractivity contribution in [1.29, 1.82) is 0 Å². The maximum Gasteiger partial charge on any atom is 0.253 e. The Bertz CT molecular complexity index is 1260. The van der Waals surface area contributed by atoms with E-state index in [0.29, 0.717) is 18.7 Å². The van der Waals surface area contributed by atoms with Crippen molar-refractivity contribution in [3.63, 3.8) is 0 Å². The van der Waals surface area contributed by atoms with E-state index in [4.69, 9.17) is 4.74 Å². The summed E-state index contributed by atoms with van der Waals surface area (Å²) in [5.74, 6) is 0.733. The lowest BCUT2D eigenvalue weighted by molar-refractivity contribution is 0.0953. The number of hydrogen-bond acceptors (Lipinski definition) is 5. The number of fused-ring (bicyclic) bond motifs is 1. The molecule has 6 nitrogen and oxygen atoms in total. The fourth-order valence-corrected chi connectivity index (χ4v) is 4.06. The number of nitrogens with one attached hydrogen (secondary N) is 3. The van der Waals surface area contributed by atoms with Crippen LogP contribution in [0, 0.1) is 0 Å². The molecule has 180 valence electrons. The van der Waals surface area contributed by atoms with E-state index in [1.165, 1.54) is 5.56 Å². The van der Waals surface area contributed by atoms with E-state index in [2.05, 4.69) is 40.0 Å². The molecule has 3 aromatic carbocycles. The number of hydrogen-bond donors (Lipinski definition) is 3. The first-order valence-corrected chi connectivity index (χ1v) is 12.0. The summed E-state index contributed by atoms with van der Waals surface area (Å²) in [6.07, 6.45) is 3.56. The molecule has 0 aliphatic rings. The molecule has 6 heteroatoms. The topological polar surface area (TPSA) is 75.3 Å². The zero-order chi connectivity index (χ0) is 24.5. The minimum atomic E-state index is -0.0650. The number of benzene rings is 3. The number of anilines is 2. The first kappa shape index (κ1) is 24.1. The Hall–Kier alpha value is -4.06. The van der Waals surface area contributed by atoms with E-state index in [0.717, 1.165) is 40.9 Å². The molecule has 1 unspecified atom stereocenters. The van der Waals surface area contributed by atoms with Crippen LogP contribution in [0.1, 0.15) is 35.7 Å². The van der Waals surface area contributed by atoms with Crippen molar-refractivity contribution < 1.29 is 9.53 Å². The third-order valence-corrected chi connectivity index (χ3v) is 5.91. The van der Waals surface area contributed by atoms with Gasteiger partial charge in [-0.2, -0.15) is 0 Å². The predicted octanol–water partition coefficient (Wildman–Crippen LogP) is 5.87. The molecule has 0 bridgehead atoms. The summed E-state index contributed by atoms with van der Waals surface area (Å²) in [4.78, 5) is 17.4. The average molecular weight is 469 g/mol. The van der Waals surface area contributed by atoms with Gasteiger partial charge in [0.15, 0.2) is 0 Å². The zero-order valence-electron chi connectivity index (χ0n) is 20.3. The van der Waals surface area contributed by atoms with Gasteiger partial charge in [0.2, 0.25) is 0 Å². The summed E-state index contributed by atoms with van der Waals surface area (Å²) >= 11 is 0. The van der Waals surface area contributed by atoms with Crippen molar-refractivity contribution in [2.45, 2.75) is 32.4 Å². The maximum atomic E-state index is 12.8. The van der Waals surface area contributed by atoms with E-state index >= 15 is 0 Å². The number of carbonyl (C=O) groups is 1. The molecule has 1 amide bonds. The van der Waals surface area contributed by atoms with Crippen LogP contribution in [0.15, 0.2) is 85.1 Å². The monoisotopic (exact) mass is 468 g/mol. The summed E-state index contributed by atoms with van der Waals surface area (Å²) in [6, 6.07) is 25.9. The Labute approximate surface area is 206 Å². The van der Waals surface area contributed by atoms with Crippen molar-refractivity contribution in [2.75, 3.05) is 24.3 Å². The molecule has 0 spiro atoms. The number of aromatic nitrogens is 1. The highest BCUT2D eigenvalue weighted by Gasteiger charge is 2.12. The summed E-state index contributed by atoms with van der Waals surface area (Å²) in [7, 11) is 1.67. The van der Waals surface area contributed by atoms with Gasteiger partial charge in [-0.15, -0.1) is 0 Å². The highest BCUT2D eigenvalue weighted by molar-refractivity contribution is 5.99. The first-order valence-electron chi connectivity index (χ1n) is 12.0. The molecule has 0 aliphatic carbocycles. The number of ether oxygens (including phenoxy) is 1. The second-order valence-electron chi connectivity index (χ2n) is 8.58. The van der Waals surface area contributed by atoms with Crippen molar-refractivity contribution in [3.05, 3.63) is 96.2 Å². The van der Waals surface area contributed by atoms with Gasteiger partial charge in [-0.25, -0.2) is 0 Å². The Morgan fingerprint density at radius 2 is 1.77 bits per heavy atom. The third-order valence-electron chi connectivity index (χ3n) is 5.91. The molecular weight excluding hydrogens is 436 g/mol. The summed E-state index contributed by atoms with van der Waals surface area (Å²) in [6.45, 7) is 3.41. The molecule has 0 fully saturated rings. The lowest BCUT2D eigenvalue weighted by atomic mass is 10.1. The van der Waals surface area contributed by atoms with Crippen LogP contribution < -0.4 is 20.7 Å². The van der Waals surface area contributed by atoms with Gasteiger partial charge < -0.3 is 20.7 Å². The van der Waals surface area contributed by atoms with Gasteiger partial charge in [-0.1, -0.05) is 48.5 Å². The smallest absolute Gasteiger partial charge is 0.253 e. The van der Waals surface area contributed by atoms with Gasteiger partial charge in [0.25, 0.3) is 5.91 Å². The molecule has 4 aromatic rings. The average Bonchev–Trinajstić information content (AvgIpc) is 2.90. The molecule has 0 aliphatic heterocycles. The number of rotatable bonds is 11. The largest absolute Gasteiger partial charge is 0.497 e. The Morgan fingerprint density at radius 1 is 0.971 bits per heavy atom. The van der Waals surface area contributed by atoms with Gasteiger partial charge in [0, 0.05) is 42.5 Å². The van der Waals surface area contributed by atoms with Crippen LogP contribution in [-0.2, 0) is 6.54 Å². The number of pyridine rings is 1. The number of nitrogens with zero attached hydrogens (tertiary/aromatic N) is 1. The van der Waals surface area contributed by atoms with E-state index in [-0.39, 0.29) is 11.9 Å². The van der Waals surface area contributed by atoms with Crippen molar-refractivity contribution in [3.8, 4) is 5.75 Å². The minimum Gasteiger partial charge on any atom is -0.497 e. The highest BCUT2D eigenvalue weighted by Crippen LogP contribution is 2.28. The standard InChI is InChI=1S/C29H32N4O2/c1-21(33-27-19-24(35-2)18-23-13-9-16-30-28(23)27)10-8-17-31-29(34)25-14-6-7-15-26(25)32-20-22-11-4-3-5-12-22/h3-7,9,11-16,18-19,21,32-33H,8,10,17,20H2,1-2H3,(H,31,34). The van der Waals surface area contributed by atoms with Gasteiger partial charge in [0.05, 0.1) is 23.9 Å². The molecule has 1 atom stereocenters. The summed E-state index contributed by atoms with van der Waals surface area (Å²) < 4.78 is 5.44. The highest BCUT2D eigenvalue weighted by atomic mass is 16.5. The van der Waals surface area contributed by atoms with E-state index in [1.807, 2.05) is 66.7 Å². The maximum absolute atomic E-state index is 12.8. The van der Waals surface area contributed by atoms with Crippen LogP contribution in [-0.4, -0.2) is 30.6 Å². The van der Waals surface area contributed by atoms with Crippen LogP contribution in [0.4, 0.5) is 11.4 Å². The number of amides is 1. The van der Waals surface area contributed by atoms with E-state index in [1.54, 1.807) is 13.3 Å². The fourth-order valence-electron chi connectivity index (χ4n) is 4.06. The number of carbonyl (C=O) groups excluding carboxylic acids is 1. The Kier molecular flexibility index (Phi) is 8.17. The molecule has 1 heterocycles. The van der Waals surface area contributed by atoms with Gasteiger partial charge in [-0.05, 0) is 49.6 Å². The molecule has 0 radical (unpaired) electrons. The molecular formula is C29H32N4O2. The van der Waals surface area contributed by atoms with Crippen LogP contribution in [0.5, 0.6) is 5.75 Å². The molecule has 0 saturated heterocycles. The van der Waals surface area contributed by atoms with Crippen molar-refractivity contribution >= 4 is 28.2 Å². The number of methoxy groups -OCH3 is 1. The zero-order valence-corrected chi connectivity index (χ0v) is 20.3. The van der Waals surface area contributed by atoms with Crippen molar-refractivity contribution in [2.24, 2.45) is 0 Å². The fraction of sp³-hybridized carbons (Fsp3) is 0.241. The van der Waals surface area contributed by atoms with Crippen LogP contribution >= 0.6 is 0 Å². The Balaban J connectivity index is 1.28. The summed E-state index contributed by atoms with van der Waals surface area (Å²) in [5, 5.41) is 11.0. The van der Waals surface area contributed by atoms with Crippen molar-refractivity contribution in [1.82, 2.24) is 10.3 Å². The quantitative estimate of drug-likeness (QED) is 0.240. The van der Waals surface area contributed by atoms with E-state index < -0.39 is 0 Å². The van der Waals surface area contributed by atoms with Crippen LogP contribution in [0.3, 0.4) is 0 Å². The normalized spacial score (nSPS) is 11.6. The first-order chi connectivity index (χ1) is 17.1. The second kappa shape index (κ2) is 11.9. The third kappa shape index (κ3) is 6.51. The lowest BCUT2D eigenvalue weighted by Crippen LogP contribution is -2.26. The molecule has 1 aromatic heterocycles. The van der Waals surface area contributed by atoms with Crippen LogP contribution in [0.25, 0.3) is 10.9 Å². The molecule has 35 heavy (non-hydrogen) atoms. The van der Waals surface area contributed by atoms with Gasteiger partial charge in [-0.3, -0.25) is 9.78 Å². The minimum absolute atomic E-state index is 0.0650. The van der Waals surface area contributed by atoms with Gasteiger partial charge in [0.1, 0.15) is 5.75 Å². The lowest BCUT2D eigenvalue weighted by Gasteiger charge is -2.18. The SMILES string of the molecule is COc1cc(NC(C)CCCNC(=O)c2ccccc2NCc2ccccc2)c2ncccc2c1. The molecule has 0 saturated carbocycles. The summed E-state index contributed by atoms with van der Waals surface area (Å²) in [5.41, 5.74) is 4.54. The Morgan fingerprint density at radius 3 is 2.60 bits per heavy atom. The second-order valence-corrected chi connectivity index (χ2v) is 8.58. The predicted molar refractivity (Wildman–Crippen MR) is 143 cm³/mol. The van der Waals surface area contributed by atoms with Gasteiger partial charge >= 0.3 is 0 Å². The molecule has 4 rings (SSSR count). The molecule has 3 N–H and O–H groups in total.